The van der Waals surface area contributed by atoms with Crippen molar-refractivity contribution >= 4 is 5.91 Å². The number of para-hydroxylation sites is 1. The number of imidazole rings is 1. The number of fused-ring (bicyclic) bond motifs is 1. The maximum Gasteiger partial charge on any atom is 0.226 e. The Morgan fingerprint density at radius 2 is 2.45 bits per heavy atom. The number of nitrogens with one attached hydrogen (secondary N) is 2. The molecule has 1 aliphatic heterocycles. The van der Waals surface area contributed by atoms with E-state index in [9.17, 15) is 4.79 Å². The number of carbonyl (C=O) groups is 1. The Balaban J connectivity index is 1.56. The maximum atomic E-state index is 12.2. The van der Waals surface area contributed by atoms with E-state index in [4.69, 9.17) is 9.47 Å². The molecule has 0 aliphatic carbocycles. The lowest BCUT2D eigenvalue weighted by Crippen LogP contribution is -2.38. The molecule has 3 rings (SSSR count). The van der Waals surface area contributed by atoms with Crippen LogP contribution >= 0.6 is 0 Å². The van der Waals surface area contributed by atoms with Gasteiger partial charge < -0.3 is 19.8 Å². The van der Waals surface area contributed by atoms with Crippen LogP contribution in [0.3, 0.4) is 0 Å². The third-order valence-electron chi connectivity index (χ3n) is 3.79. The number of benzene rings is 1. The van der Waals surface area contributed by atoms with Crippen molar-refractivity contribution in [3.8, 4) is 11.5 Å². The van der Waals surface area contributed by atoms with Gasteiger partial charge in [-0.05, 0) is 18.1 Å². The first-order chi connectivity index (χ1) is 10.8. The highest BCUT2D eigenvalue weighted by Crippen LogP contribution is 2.35. The van der Waals surface area contributed by atoms with Crippen LogP contribution in [-0.4, -0.2) is 36.1 Å². The molecule has 1 aromatic carbocycles. The van der Waals surface area contributed by atoms with E-state index in [0.29, 0.717) is 19.6 Å². The van der Waals surface area contributed by atoms with Gasteiger partial charge in [0.2, 0.25) is 5.91 Å². The molecule has 1 atom stereocenters. The normalized spacial score (nSPS) is 16.5. The predicted octanol–water partition coefficient (Wildman–Crippen LogP) is 1.33. The summed E-state index contributed by atoms with van der Waals surface area (Å²) in [5.41, 5.74) is 2.02. The fourth-order valence-corrected chi connectivity index (χ4v) is 2.61. The average Bonchev–Trinajstić information content (AvgIpc) is 3.07. The summed E-state index contributed by atoms with van der Waals surface area (Å²) in [6.45, 7) is 0.964. The predicted molar refractivity (Wildman–Crippen MR) is 81.0 cm³/mol. The van der Waals surface area contributed by atoms with Gasteiger partial charge in [-0.2, -0.15) is 0 Å². The Morgan fingerprint density at radius 3 is 3.23 bits per heavy atom. The van der Waals surface area contributed by atoms with Gasteiger partial charge in [-0.3, -0.25) is 4.79 Å². The Morgan fingerprint density at radius 1 is 1.55 bits per heavy atom. The van der Waals surface area contributed by atoms with E-state index in [2.05, 4.69) is 15.3 Å². The van der Waals surface area contributed by atoms with Crippen LogP contribution in [0.4, 0.5) is 0 Å². The monoisotopic (exact) mass is 301 g/mol. The van der Waals surface area contributed by atoms with Crippen LogP contribution in [-0.2, 0) is 17.6 Å². The number of H-pyrrole nitrogens is 1. The number of methoxy groups -OCH3 is 1. The summed E-state index contributed by atoms with van der Waals surface area (Å²) < 4.78 is 11.0. The number of hydrogen-bond donors (Lipinski definition) is 2. The van der Waals surface area contributed by atoms with Gasteiger partial charge in [0.05, 0.1) is 19.4 Å². The lowest BCUT2D eigenvalue weighted by Gasteiger charge is -2.25. The van der Waals surface area contributed by atoms with Crippen LogP contribution in [0, 0.1) is 5.92 Å². The van der Waals surface area contributed by atoms with E-state index in [1.54, 1.807) is 19.6 Å². The zero-order chi connectivity index (χ0) is 15.4. The Hall–Kier alpha value is -2.50. The summed E-state index contributed by atoms with van der Waals surface area (Å²) >= 11 is 0. The minimum atomic E-state index is -0.165. The van der Waals surface area contributed by atoms with E-state index >= 15 is 0 Å². The van der Waals surface area contributed by atoms with Crippen LogP contribution < -0.4 is 14.8 Å². The van der Waals surface area contributed by atoms with Gasteiger partial charge in [-0.1, -0.05) is 12.1 Å². The fourth-order valence-electron chi connectivity index (χ4n) is 2.61. The molecule has 6 nitrogen and oxygen atoms in total. The zero-order valence-electron chi connectivity index (χ0n) is 12.5. The van der Waals surface area contributed by atoms with Gasteiger partial charge >= 0.3 is 0 Å². The molecule has 1 aromatic heterocycles. The summed E-state index contributed by atoms with van der Waals surface area (Å²) in [5.74, 6) is 1.33. The first kappa shape index (κ1) is 14.4. The second kappa shape index (κ2) is 6.51. The van der Waals surface area contributed by atoms with Crippen LogP contribution in [0.2, 0.25) is 0 Å². The number of amides is 1. The second-order valence-corrected chi connectivity index (χ2v) is 5.28. The number of rotatable bonds is 5. The van der Waals surface area contributed by atoms with Gasteiger partial charge in [0.25, 0.3) is 0 Å². The lowest BCUT2D eigenvalue weighted by atomic mass is 9.95. The minimum absolute atomic E-state index is 0.0213. The standard InChI is InChI=1S/C16H19N3O3/c1-21-14-4-2-3-11-7-12(9-22-15(11)14)16(20)18-6-5-13-8-17-10-19-13/h2-4,8,10,12H,5-7,9H2,1H3,(H,17,19)(H,18,20)/t12-/m1/s1. The summed E-state index contributed by atoms with van der Waals surface area (Å²) in [4.78, 5) is 19.2. The SMILES string of the molecule is COc1cccc2c1OC[C@H](C(=O)NCCc1cnc[nH]1)C2. The van der Waals surface area contributed by atoms with Crippen molar-refractivity contribution in [1.29, 1.82) is 0 Å². The van der Waals surface area contributed by atoms with Gasteiger partial charge in [-0.25, -0.2) is 4.98 Å². The number of ether oxygens (including phenoxy) is 2. The summed E-state index contributed by atoms with van der Waals surface area (Å²) in [6.07, 6.45) is 4.81. The summed E-state index contributed by atoms with van der Waals surface area (Å²) in [6, 6.07) is 5.76. The average molecular weight is 301 g/mol. The van der Waals surface area contributed by atoms with E-state index in [1.165, 1.54) is 0 Å². The van der Waals surface area contributed by atoms with Gasteiger partial charge in [-0.15, -0.1) is 0 Å². The third-order valence-corrected chi connectivity index (χ3v) is 3.79. The van der Waals surface area contributed by atoms with Gasteiger partial charge in [0.1, 0.15) is 6.61 Å². The highest BCUT2D eigenvalue weighted by Gasteiger charge is 2.27. The van der Waals surface area contributed by atoms with E-state index < -0.39 is 0 Å². The number of aromatic nitrogens is 2. The number of nitrogens with zero attached hydrogens (tertiary/aromatic N) is 1. The van der Waals surface area contributed by atoms with Crippen molar-refractivity contribution in [2.24, 2.45) is 5.92 Å². The van der Waals surface area contributed by atoms with Gasteiger partial charge in [0, 0.05) is 24.9 Å². The first-order valence-corrected chi connectivity index (χ1v) is 7.31. The molecule has 0 spiro atoms. The Labute approximate surface area is 128 Å². The number of hydrogen-bond acceptors (Lipinski definition) is 4. The molecule has 1 amide bonds. The molecule has 2 aromatic rings. The van der Waals surface area contributed by atoms with E-state index in [0.717, 1.165) is 29.2 Å². The fraction of sp³-hybridized carbons (Fsp3) is 0.375. The van der Waals surface area contributed by atoms with Crippen LogP contribution in [0.1, 0.15) is 11.3 Å². The molecule has 0 radical (unpaired) electrons. The van der Waals surface area contributed by atoms with Crippen molar-refractivity contribution < 1.29 is 14.3 Å². The second-order valence-electron chi connectivity index (χ2n) is 5.28. The van der Waals surface area contributed by atoms with Gasteiger partial charge in [0.15, 0.2) is 11.5 Å². The molecule has 2 heterocycles. The van der Waals surface area contributed by atoms with E-state index in [1.807, 2.05) is 18.2 Å². The molecule has 1 aliphatic rings. The molecule has 22 heavy (non-hydrogen) atoms. The van der Waals surface area contributed by atoms with Crippen LogP contribution in [0.5, 0.6) is 11.5 Å². The van der Waals surface area contributed by atoms with Crippen LogP contribution in [0.25, 0.3) is 0 Å². The molecule has 0 saturated heterocycles. The number of aromatic amines is 1. The molecule has 6 heteroatoms. The first-order valence-electron chi connectivity index (χ1n) is 7.31. The minimum Gasteiger partial charge on any atom is -0.493 e. The molecule has 0 saturated carbocycles. The summed E-state index contributed by atoms with van der Waals surface area (Å²) in [5, 5.41) is 2.95. The van der Waals surface area contributed by atoms with E-state index in [-0.39, 0.29) is 11.8 Å². The number of carbonyl (C=O) groups excluding carboxylic acids is 1. The smallest absolute Gasteiger partial charge is 0.226 e. The summed E-state index contributed by atoms with van der Waals surface area (Å²) in [7, 11) is 1.62. The Bertz CT molecular complexity index is 640. The maximum absolute atomic E-state index is 12.2. The van der Waals surface area contributed by atoms with Crippen molar-refractivity contribution in [2.45, 2.75) is 12.8 Å². The third kappa shape index (κ3) is 3.05. The van der Waals surface area contributed by atoms with Crippen LogP contribution in [0.15, 0.2) is 30.7 Å². The molecule has 0 bridgehead atoms. The highest BCUT2D eigenvalue weighted by molar-refractivity contribution is 5.79. The lowest BCUT2D eigenvalue weighted by molar-refractivity contribution is -0.126. The quantitative estimate of drug-likeness (QED) is 0.873. The largest absolute Gasteiger partial charge is 0.493 e. The topological polar surface area (TPSA) is 76.2 Å². The molecule has 2 N–H and O–H groups in total. The molecular formula is C16H19N3O3. The molecular weight excluding hydrogens is 282 g/mol. The molecule has 0 fully saturated rings. The van der Waals surface area contributed by atoms with Crippen molar-refractivity contribution in [3.63, 3.8) is 0 Å². The zero-order valence-corrected chi connectivity index (χ0v) is 12.5. The van der Waals surface area contributed by atoms with Crippen molar-refractivity contribution in [3.05, 3.63) is 42.0 Å². The van der Waals surface area contributed by atoms with Crippen molar-refractivity contribution in [1.82, 2.24) is 15.3 Å². The Kier molecular flexibility index (Phi) is 4.27. The molecule has 116 valence electrons. The van der Waals surface area contributed by atoms with Crippen molar-refractivity contribution in [2.75, 3.05) is 20.3 Å². The highest BCUT2D eigenvalue weighted by atomic mass is 16.5. The molecule has 0 unspecified atom stereocenters.